The first kappa shape index (κ1) is 18.8. The highest BCUT2D eigenvalue weighted by Crippen LogP contribution is 2.36. The first-order chi connectivity index (χ1) is 11.2. The van der Waals surface area contributed by atoms with Gasteiger partial charge in [-0.05, 0) is 45.5 Å². The Bertz CT molecular complexity index is 670. The SMILES string of the molecule is CSC(=Nc1ccc(B2OC(C)(C)C(C)(C)O2)cc1CO)NC#N. The summed E-state index contributed by atoms with van der Waals surface area (Å²) in [6.45, 7) is 7.82. The second-order valence-corrected chi connectivity index (χ2v) is 7.29. The van der Waals surface area contributed by atoms with Gasteiger partial charge in [0.15, 0.2) is 11.4 Å². The summed E-state index contributed by atoms with van der Waals surface area (Å²) in [4.78, 5) is 4.37. The van der Waals surface area contributed by atoms with Crippen molar-refractivity contribution < 1.29 is 14.4 Å². The molecule has 1 aliphatic heterocycles. The summed E-state index contributed by atoms with van der Waals surface area (Å²) >= 11 is 1.32. The average Bonchev–Trinajstić information content (AvgIpc) is 2.75. The van der Waals surface area contributed by atoms with Gasteiger partial charge >= 0.3 is 7.12 Å². The van der Waals surface area contributed by atoms with E-state index in [0.29, 0.717) is 16.4 Å². The lowest BCUT2D eigenvalue weighted by Gasteiger charge is -2.32. The Morgan fingerprint density at radius 3 is 2.46 bits per heavy atom. The highest BCUT2D eigenvalue weighted by molar-refractivity contribution is 8.13. The number of nitrogens with zero attached hydrogens (tertiary/aromatic N) is 2. The van der Waals surface area contributed by atoms with Gasteiger partial charge in [-0.3, -0.25) is 5.32 Å². The molecule has 0 bridgehead atoms. The molecule has 2 N–H and O–H groups in total. The summed E-state index contributed by atoms with van der Waals surface area (Å²) in [6.07, 6.45) is 3.67. The lowest BCUT2D eigenvalue weighted by Crippen LogP contribution is -2.41. The van der Waals surface area contributed by atoms with Gasteiger partial charge in [0.25, 0.3) is 0 Å². The Balaban J connectivity index is 2.32. The fraction of sp³-hybridized carbons (Fsp3) is 0.500. The zero-order valence-corrected chi connectivity index (χ0v) is 15.4. The maximum Gasteiger partial charge on any atom is 0.494 e. The second-order valence-electron chi connectivity index (χ2n) is 6.49. The van der Waals surface area contributed by atoms with Crippen molar-refractivity contribution in [3.05, 3.63) is 23.8 Å². The summed E-state index contributed by atoms with van der Waals surface area (Å²) in [5, 5.41) is 21.4. The van der Waals surface area contributed by atoms with Crippen LogP contribution in [0.3, 0.4) is 0 Å². The topological polar surface area (TPSA) is 86.9 Å². The molecule has 0 atom stereocenters. The van der Waals surface area contributed by atoms with Crippen LogP contribution in [0.15, 0.2) is 23.2 Å². The number of hydrogen-bond donors (Lipinski definition) is 2. The number of aliphatic hydroxyl groups is 1. The highest BCUT2D eigenvalue weighted by Gasteiger charge is 2.51. The minimum atomic E-state index is -0.490. The van der Waals surface area contributed by atoms with Crippen molar-refractivity contribution in [3.63, 3.8) is 0 Å². The van der Waals surface area contributed by atoms with E-state index < -0.39 is 18.3 Å². The molecule has 0 radical (unpaired) electrons. The number of amidine groups is 1. The van der Waals surface area contributed by atoms with Crippen molar-refractivity contribution in [3.8, 4) is 6.19 Å². The van der Waals surface area contributed by atoms with Crippen LogP contribution in [0.4, 0.5) is 5.69 Å². The van der Waals surface area contributed by atoms with E-state index in [2.05, 4.69) is 10.3 Å². The van der Waals surface area contributed by atoms with Gasteiger partial charge in [0.1, 0.15) is 0 Å². The van der Waals surface area contributed by atoms with E-state index >= 15 is 0 Å². The van der Waals surface area contributed by atoms with Crippen LogP contribution in [0.2, 0.25) is 0 Å². The largest absolute Gasteiger partial charge is 0.494 e. The van der Waals surface area contributed by atoms with Crippen LogP contribution in [-0.2, 0) is 15.9 Å². The van der Waals surface area contributed by atoms with Crippen molar-refractivity contribution >= 4 is 35.2 Å². The van der Waals surface area contributed by atoms with E-state index in [0.717, 1.165) is 5.46 Å². The van der Waals surface area contributed by atoms with Gasteiger partial charge < -0.3 is 14.4 Å². The van der Waals surface area contributed by atoms with Gasteiger partial charge in [0.2, 0.25) is 0 Å². The summed E-state index contributed by atoms with van der Waals surface area (Å²) in [5.41, 5.74) is 1.24. The maximum absolute atomic E-state index is 9.66. The van der Waals surface area contributed by atoms with Crippen LogP contribution >= 0.6 is 11.8 Å². The molecule has 6 nitrogen and oxygen atoms in total. The zero-order valence-electron chi connectivity index (χ0n) is 14.6. The number of aliphatic imine (C=N–C) groups is 1. The molecule has 24 heavy (non-hydrogen) atoms. The van der Waals surface area contributed by atoms with E-state index in [1.807, 2.05) is 52.3 Å². The molecule has 1 fully saturated rings. The van der Waals surface area contributed by atoms with E-state index in [1.54, 1.807) is 6.07 Å². The van der Waals surface area contributed by atoms with Gasteiger partial charge in [0, 0.05) is 5.56 Å². The molecule has 128 valence electrons. The van der Waals surface area contributed by atoms with Crippen molar-refractivity contribution in [1.29, 1.82) is 5.26 Å². The van der Waals surface area contributed by atoms with Crippen LogP contribution in [0.5, 0.6) is 0 Å². The van der Waals surface area contributed by atoms with Crippen LogP contribution in [0, 0.1) is 11.5 Å². The van der Waals surface area contributed by atoms with Gasteiger partial charge in [0.05, 0.1) is 23.5 Å². The normalized spacial score (nSPS) is 19.2. The molecule has 8 heteroatoms. The molecule has 0 spiro atoms. The smallest absolute Gasteiger partial charge is 0.399 e. The minimum absolute atomic E-state index is 0.166. The van der Waals surface area contributed by atoms with Crippen LogP contribution in [0.25, 0.3) is 0 Å². The third-order valence-electron chi connectivity index (χ3n) is 4.38. The highest BCUT2D eigenvalue weighted by atomic mass is 32.2. The molecule has 0 aliphatic carbocycles. The molecule has 2 rings (SSSR count). The third-order valence-corrected chi connectivity index (χ3v) is 4.96. The number of nitriles is 1. The number of thioether (sulfide) groups is 1. The molecule has 0 amide bonds. The fourth-order valence-electron chi connectivity index (χ4n) is 2.25. The number of benzene rings is 1. The van der Waals surface area contributed by atoms with Crippen molar-refractivity contribution in [2.45, 2.75) is 45.5 Å². The molecule has 1 aliphatic rings. The molecule has 1 aromatic carbocycles. The quantitative estimate of drug-likeness (QED) is 0.286. The predicted octanol–water partition coefficient (Wildman–Crippen LogP) is 1.90. The van der Waals surface area contributed by atoms with Crippen LogP contribution in [0.1, 0.15) is 33.3 Å². The van der Waals surface area contributed by atoms with Crippen LogP contribution in [-0.4, -0.2) is 34.9 Å². The van der Waals surface area contributed by atoms with Gasteiger partial charge in [-0.15, -0.1) is 0 Å². The predicted molar refractivity (Wildman–Crippen MR) is 97.4 cm³/mol. The van der Waals surface area contributed by atoms with Crippen molar-refractivity contribution in [1.82, 2.24) is 5.32 Å². The van der Waals surface area contributed by atoms with Crippen LogP contribution < -0.4 is 10.8 Å². The monoisotopic (exact) mass is 347 g/mol. The second kappa shape index (κ2) is 7.15. The summed E-state index contributed by atoms with van der Waals surface area (Å²) in [6, 6.07) is 5.48. The third kappa shape index (κ3) is 3.76. The first-order valence-electron chi connectivity index (χ1n) is 7.61. The van der Waals surface area contributed by atoms with E-state index in [1.165, 1.54) is 11.8 Å². The molecule has 0 saturated carbocycles. The minimum Gasteiger partial charge on any atom is -0.399 e. The first-order valence-corrected chi connectivity index (χ1v) is 8.83. The number of hydrogen-bond acceptors (Lipinski definition) is 6. The number of rotatable bonds is 3. The molecular formula is C16H22BN3O3S. The molecule has 0 unspecified atom stereocenters. The molecule has 1 saturated heterocycles. The van der Waals surface area contributed by atoms with Gasteiger partial charge in [-0.25, -0.2) is 4.99 Å². The number of aliphatic hydroxyl groups excluding tert-OH is 1. The summed E-state index contributed by atoms with van der Waals surface area (Å²) in [5.74, 6) is 0. The van der Waals surface area contributed by atoms with E-state index in [4.69, 9.17) is 14.6 Å². The van der Waals surface area contributed by atoms with E-state index in [-0.39, 0.29) is 6.61 Å². The van der Waals surface area contributed by atoms with Crippen molar-refractivity contribution in [2.75, 3.05) is 6.26 Å². The summed E-state index contributed by atoms with van der Waals surface area (Å²) < 4.78 is 12.1. The standard InChI is InChI=1S/C16H22BN3O3S/c1-15(2)16(3,4)23-17(22-15)12-6-7-13(11(8-12)9-21)20-14(24-5)19-10-18/h6-8,21H,9H2,1-5H3,(H,19,20). The van der Waals surface area contributed by atoms with Gasteiger partial charge in [-0.2, -0.15) is 5.26 Å². The Kier molecular flexibility index (Phi) is 5.61. The fourth-order valence-corrected chi connectivity index (χ4v) is 2.59. The van der Waals surface area contributed by atoms with Crippen molar-refractivity contribution in [2.24, 2.45) is 4.99 Å². The maximum atomic E-state index is 9.66. The molecule has 1 heterocycles. The molecule has 0 aromatic heterocycles. The number of nitrogens with one attached hydrogen (secondary N) is 1. The molecular weight excluding hydrogens is 325 g/mol. The Labute approximate surface area is 147 Å². The summed E-state index contributed by atoms with van der Waals surface area (Å²) in [7, 11) is -0.490. The average molecular weight is 347 g/mol. The Morgan fingerprint density at radius 2 is 1.96 bits per heavy atom. The lowest BCUT2D eigenvalue weighted by atomic mass is 9.78. The Morgan fingerprint density at radius 1 is 1.33 bits per heavy atom. The van der Waals surface area contributed by atoms with Gasteiger partial charge in [-0.1, -0.05) is 23.9 Å². The van der Waals surface area contributed by atoms with E-state index in [9.17, 15) is 5.11 Å². The zero-order chi connectivity index (χ0) is 18.0. The lowest BCUT2D eigenvalue weighted by molar-refractivity contribution is 0.00578. The Hall–Kier alpha value is -1.53. The molecule has 1 aromatic rings.